The SMILES string of the molecule is COc1cc(CBr)ccc1OCCCC1CCCO1. The minimum atomic E-state index is 0.446. The van der Waals surface area contributed by atoms with Crippen LogP contribution in [0.2, 0.25) is 0 Å². The first-order valence-corrected chi connectivity index (χ1v) is 7.93. The molecule has 1 aromatic carbocycles. The van der Waals surface area contributed by atoms with E-state index >= 15 is 0 Å². The van der Waals surface area contributed by atoms with E-state index in [2.05, 4.69) is 15.9 Å². The molecule has 106 valence electrons. The van der Waals surface area contributed by atoms with Crippen molar-refractivity contribution in [2.75, 3.05) is 20.3 Å². The molecule has 1 aromatic rings. The highest BCUT2D eigenvalue weighted by atomic mass is 79.9. The van der Waals surface area contributed by atoms with E-state index in [1.165, 1.54) is 18.4 Å². The summed E-state index contributed by atoms with van der Waals surface area (Å²) in [6.45, 7) is 1.64. The van der Waals surface area contributed by atoms with Gasteiger partial charge in [-0.3, -0.25) is 0 Å². The second-order valence-electron chi connectivity index (χ2n) is 4.74. The number of benzene rings is 1. The lowest BCUT2D eigenvalue weighted by Gasteiger charge is -2.13. The fourth-order valence-corrected chi connectivity index (χ4v) is 2.63. The van der Waals surface area contributed by atoms with E-state index in [1.807, 2.05) is 18.2 Å². The third kappa shape index (κ3) is 4.39. The number of ether oxygens (including phenoxy) is 3. The molecule has 1 saturated heterocycles. The fourth-order valence-electron chi connectivity index (χ4n) is 2.28. The highest BCUT2D eigenvalue weighted by Gasteiger charge is 2.14. The van der Waals surface area contributed by atoms with Gasteiger partial charge in [-0.1, -0.05) is 22.0 Å². The molecule has 1 aliphatic heterocycles. The molecule has 0 saturated carbocycles. The smallest absolute Gasteiger partial charge is 0.161 e. The summed E-state index contributed by atoms with van der Waals surface area (Å²) in [5.74, 6) is 1.62. The summed E-state index contributed by atoms with van der Waals surface area (Å²) in [5, 5.41) is 0.822. The predicted molar refractivity (Wildman–Crippen MR) is 79.3 cm³/mol. The van der Waals surface area contributed by atoms with Crippen LogP contribution in [0.25, 0.3) is 0 Å². The van der Waals surface area contributed by atoms with E-state index in [9.17, 15) is 0 Å². The van der Waals surface area contributed by atoms with E-state index in [-0.39, 0.29) is 0 Å². The summed E-state index contributed by atoms with van der Waals surface area (Å²) in [4.78, 5) is 0. The van der Waals surface area contributed by atoms with Crippen molar-refractivity contribution in [1.82, 2.24) is 0 Å². The molecule has 0 spiro atoms. The van der Waals surface area contributed by atoms with Crippen molar-refractivity contribution in [3.63, 3.8) is 0 Å². The van der Waals surface area contributed by atoms with Gasteiger partial charge in [0.1, 0.15) is 0 Å². The van der Waals surface area contributed by atoms with Crippen molar-refractivity contribution in [1.29, 1.82) is 0 Å². The Morgan fingerprint density at radius 1 is 1.37 bits per heavy atom. The first kappa shape index (κ1) is 14.7. The molecule has 3 nitrogen and oxygen atoms in total. The van der Waals surface area contributed by atoms with E-state index < -0.39 is 0 Å². The van der Waals surface area contributed by atoms with Crippen LogP contribution in [0.4, 0.5) is 0 Å². The van der Waals surface area contributed by atoms with Crippen LogP contribution in [0.15, 0.2) is 18.2 Å². The molecule has 0 aliphatic carbocycles. The molecule has 0 aromatic heterocycles. The molecule has 1 fully saturated rings. The van der Waals surface area contributed by atoms with E-state index in [0.29, 0.717) is 12.7 Å². The normalized spacial score (nSPS) is 18.5. The Morgan fingerprint density at radius 3 is 2.95 bits per heavy atom. The van der Waals surface area contributed by atoms with Gasteiger partial charge in [-0.05, 0) is 43.4 Å². The quantitative estimate of drug-likeness (QED) is 0.560. The third-order valence-corrected chi connectivity index (χ3v) is 3.98. The van der Waals surface area contributed by atoms with E-state index in [1.54, 1.807) is 7.11 Å². The maximum absolute atomic E-state index is 5.79. The van der Waals surface area contributed by atoms with Crippen molar-refractivity contribution in [2.24, 2.45) is 0 Å². The molecular formula is C15H21BrO3. The Bertz CT molecular complexity index is 389. The van der Waals surface area contributed by atoms with Crippen molar-refractivity contribution in [3.8, 4) is 11.5 Å². The van der Waals surface area contributed by atoms with Crippen LogP contribution in [0.3, 0.4) is 0 Å². The van der Waals surface area contributed by atoms with E-state index in [4.69, 9.17) is 14.2 Å². The Morgan fingerprint density at radius 2 is 2.26 bits per heavy atom. The zero-order valence-corrected chi connectivity index (χ0v) is 12.9. The second kappa shape index (κ2) is 7.75. The average molecular weight is 329 g/mol. The van der Waals surface area contributed by atoms with Crippen LogP contribution in [-0.4, -0.2) is 26.4 Å². The summed E-state index contributed by atoms with van der Waals surface area (Å²) >= 11 is 3.44. The maximum Gasteiger partial charge on any atom is 0.161 e. The van der Waals surface area contributed by atoms with Crippen molar-refractivity contribution in [2.45, 2.75) is 37.1 Å². The third-order valence-electron chi connectivity index (χ3n) is 3.33. The van der Waals surface area contributed by atoms with Crippen LogP contribution in [0.1, 0.15) is 31.2 Å². The van der Waals surface area contributed by atoms with Crippen molar-refractivity contribution >= 4 is 15.9 Å². The molecule has 0 amide bonds. The van der Waals surface area contributed by atoms with Crippen LogP contribution in [0, 0.1) is 0 Å². The largest absolute Gasteiger partial charge is 0.493 e. The Labute approximate surface area is 123 Å². The topological polar surface area (TPSA) is 27.7 Å². The molecule has 1 aliphatic rings. The van der Waals surface area contributed by atoms with Gasteiger partial charge < -0.3 is 14.2 Å². The maximum atomic E-state index is 5.79. The molecular weight excluding hydrogens is 308 g/mol. The number of hydrogen-bond acceptors (Lipinski definition) is 3. The zero-order chi connectivity index (χ0) is 13.5. The Balaban J connectivity index is 1.78. The van der Waals surface area contributed by atoms with Gasteiger partial charge in [-0.25, -0.2) is 0 Å². The number of methoxy groups -OCH3 is 1. The van der Waals surface area contributed by atoms with Gasteiger partial charge >= 0.3 is 0 Å². The Kier molecular flexibility index (Phi) is 5.98. The molecule has 4 heteroatoms. The lowest BCUT2D eigenvalue weighted by molar-refractivity contribution is 0.0980. The van der Waals surface area contributed by atoms with Crippen LogP contribution >= 0.6 is 15.9 Å². The number of halogens is 1. The standard InChI is InChI=1S/C15H21BrO3/c1-17-15-10-12(11-16)6-7-14(15)19-9-3-5-13-4-2-8-18-13/h6-7,10,13H,2-5,8-9,11H2,1H3. The van der Waals surface area contributed by atoms with Gasteiger partial charge in [-0.15, -0.1) is 0 Å². The molecule has 1 atom stereocenters. The van der Waals surface area contributed by atoms with Crippen LogP contribution in [-0.2, 0) is 10.1 Å². The number of rotatable bonds is 7. The minimum Gasteiger partial charge on any atom is -0.493 e. The summed E-state index contributed by atoms with van der Waals surface area (Å²) in [6, 6.07) is 6.03. The molecule has 2 rings (SSSR count). The van der Waals surface area contributed by atoms with Gasteiger partial charge in [0.25, 0.3) is 0 Å². The second-order valence-corrected chi connectivity index (χ2v) is 5.31. The van der Waals surface area contributed by atoms with Crippen LogP contribution < -0.4 is 9.47 Å². The first-order chi connectivity index (χ1) is 9.33. The van der Waals surface area contributed by atoms with Gasteiger partial charge in [0.2, 0.25) is 0 Å². The Hall–Kier alpha value is -0.740. The molecule has 1 heterocycles. The minimum absolute atomic E-state index is 0.446. The summed E-state index contributed by atoms with van der Waals surface area (Å²) < 4.78 is 16.7. The predicted octanol–water partition coefficient (Wildman–Crippen LogP) is 3.93. The van der Waals surface area contributed by atoms with Gasteiger partial charge in [0.05, 0.1) is 19.8 Å². The highest BCUT2D eigenvalue weighted by molar-refractivity contribution is 9.08. The average Bonchev–Trinajstić information content (AvgIpc) is 2.96. The summed E-state index contributed by atoms with van der Waals surface area (Å²) in [6.07, 6.45) is 4.95. The van der Waals surface area contributed by atoms with Crippen LogP contribution in [0.5, 0.6) is 11.5 Å². The lowest BCUT2D eigenvalue weighted by Crippen LogP contribution is -2.08. The molecule has 0 N–H and O–H groups in total. The van der Waals surface area contributed by atoms with Gasteiger partial charge in [-0.2, -0.15) is 0 Å². The van der Waals surface area contributed by atoms with Crippen molar-refractivity contribution in [3.05, 3.63) is 23.8 Å². The molecule has 19 heavy (non-hydrogen) atoms. The monoisotopic (exact) mass is 328 g/mol. The number of hydrogen-bond donors (Lipinski definition) is 0. The van der Waals surface area contributed by atoms with E-state index in [0.717, 1.165) is 36.3 Å². The lowest BCUT2D eigenvalue weighted by atomic mass is 10.1. The zero-order valence-electron chi connectivity index (χ0n) is 11.4. The highest BCUT2D eigenvalue weighted by Crippen LogP contribution is 2.29. The molecule has 1 unspecified atom stereocenters. The van der Waals surface area contributed by atoms with Gasteiger partial charge in [0.15, 0.2) is 11.5 Å². The van der Waals surface area contributed by atoms with Gasteiger partial charge in [0, 0.05) is 11.9 Å². The van der Waals surface area contributed by atoms with Crippen molar-refractivity contribution < 1.29 is 14.2 Å². The number of alkyl halides is 1. The molecule has 0 radical (unpaired) electrons. The summed E-state index contributed by atoms with van der Waals surface area (Å²) in [7, 11) is 1.67. The fraction of sp³-hybridized carbons (Fsp3) is 0.600. The summed E-state index contributed by atoms with van der Waals surface area (Å²) in [5.41, 5.74) is 1.18. The molecule has 0 bridgehead atoms. The first-order valence-electron chi connectivity index (χ1n) is 6.80.